The number of ether oxygens (including phenoxy) is 1. The third kappa shape index (κ3) is 6.55. The van der Waals surface area contributed by atoms with Crippen LogP contribution in [0.1, 0.15) is 22.3 Å². The summed E-state index contributed by atoms with van der Waals surface area (Å²) in [6.07, 6.45) is 0. The number of nitrogens with one attached hydrogen (secondary N) is 1. The van der Waals surface area contributed by atoms with Gasteiger partial charge in [0.1, 0.15) is 5.75 Å². The van der Waals surface area contributed by atoms with Crippen LogP contribution in [0, 0.1) is 20.8 Å². The summed E-state index contributed by atoms with van der Waals surface area (Å²) in [5.41, 5.74) is 6.16. The van der Waals surface area contributed by atoms with E-state index < -0.39 is 11.9 Å². The van der Waals surface area contributed by atoms with E-state index in [9.17, 15) is 0 Å². The first-order valence-electron chi connectivity index (χ1n) is 7.65. The number of anilines is 1. The van der Waals surface area contributed by atoms with Gasteiger partial charge < -0.3 is 20.3 Å². The topological polar surface area (TPSA) is 95.9 Å². The molecule has 25 heavy (non-hydrogen) atoms. The normalized spacial score (nSPS) is 9.60. The van der Waals surface area contributed by atoms with Crippen molar-refractivity contribution in [3.05, 3.63) is 58.7 Å². The Labute approximate surface area is 147 Å². The average molecular weight is 345 g/mol. The Morgan fingerprint density at radius 1 is 1.00 bits per heavy atom. The molecule has 2 aromatic rings. The Balaban J connectivity index is 0.000000450. The first-order valence-corrected chi connectivity index (χ1v) is 7.65. The number of aryl methyl sites for hydroxylation is 3. The van der Waals surface area contributed by atoms with Gasteiger partial charge in [0.15, 0.2) is 0 Å². The lowest BCUT2D eigenvalue weighted by Gasteiger charge is -2.13. The third-order valence-corrected chi connectivity index (χ3v) is 3.54. The van der Waals surface area contributed by atoms with E-state index in [2.05, 4.69) is 62.5 Å². The minimum absolute atomic E-state index is 0.833. The van der Waals surface area contributed by atoms with Crippen molar-refractivity contribution < 1.29 is 24.5 Å². The molecule has 0 fully saturated rings. The Morgan fingerprint density at radius 2 is 1.64 bits per heavy atom. The first kappa shape index (κ1) is 20.0. The molecule has 0 aliphatic heterocycles. The van der Waals surface area contributed by atoms with Gasteiger partial charge in [-0.3, -0.25) is 0 Å². The van der Waals surface area contributed by atoms with E-state index in [-0.39, 0.29) is 0 Å². The molecule has 0 atom stereocenters. The van der Waals surface area contributed by atoms with Gasteiger partial charge in [0.2, 0.25) is 0 Å². The Hall–Kier alpha value is -3.02. The molecule has 6 heteroatoms. The Kier molecular flexibility index (Phi) is 7.46. The van der Waals surface area contributed by atoms with Gasteiger partial charge in [-0.2, -0.15) is 0 Å². The fraction of sp³-hybridized carbons (Fsp3) is 0.263. The van der Waals surface area contributed by atoms with Crippen LogP contribution < -0.4 is 10.1 Å². The molecule has 0 unspecified atom stereocenters. The van der Waals surface area contributed by atoms with Crippen LogP contribution in [0.25, 0.3) is 0 Å². The maximum atomic E-state index is 9.10. The molecule has 0 saturated carbocycles. The summed E-state index contributed by atoms with van der Waals surface area (Å²) in [5, 5.41) is 18.2. The highest BCUT2D eigenvalue weighted by Gasteiger charge is 2.05. The highest BCUT2D eigenvalue weighted by Crippen LogP contribution is 2.23. The zero-order chi connectivity index (χ0) is 19.0. The largest absolute Gasteiger partial charge is 0.496 e. The summed E-state index contributed by atoms with van der Waals surface area (Å²) in [6.45, 7) is 7.14. The van der Waals surface area contributed by atoms with Crippen molar-refractivity contribution >= 4 is 17.6 Å². The van der Waals surface area contributed by atoms with E-state index >= 15 is 0 Å². The maximum Gasteiger partial charge on any atom is 0.414 e. The molecule has 0 aliphatic rings. The summed E-state index contributed by atoms with van der Waals surface area (Å²) in [6, 6.07) is 12.7. The minimum atomic E-state index is -1.82. The highest BCUT2D eigenvalue weighted by atomic mass is 16.5. The lowest BCUT2D eigenvalue weighted by atomic mass is 10.0. The fourth-order valence-electron chi connectivity index (χ4n) is 2.21. The summed E-state index contributed by atoms with van der Waals surface area (Å²) in [7, 11) is 1.71. The molecule has 0 saturated heterocycles. The van der Waals surface area contributed by atoms with Crippen LogP contribution in [0.4, 0.5) is 5.69 Å². The van der Waals surface area contributed by atoms with E-state index in [0.717, 1.165) is 18.0 Å². The number of hydrogen-bond donors (Lipinski definition) is 3. The van der Waals surface area contributed by atoms with Crippen LogP contribution in [0.5, 0.6) is 5.75 Å². The molecule has 2 rings (SSSR count). The number of hydrogen-bond acceptors (Lipinski definition) is 4. The number of carboxylic acid groups (broad SMARTS) is 2. The van der Waals surface area contributed by atoms with Gasteiger partial charge in [-0.1, -0.05) is 18.2 Å². The van der Waals surface area contributed by atoms with E-state index in [1.54, 1.807) is 7.11 Å². The molecule has 0 heterocycles. The molecule has 0 aliphatic carbocycles. The van der Waals surface area contributed by atoms with Gasteiger partial charge in [-0.25, -0.2) is 9.59 Å². The van der Waals surface area contributed by atoms with Crippen LogP contribution in [-0.2, 0) is 16.1 Å². The van der Waals surface area contributed by atoms with Crippen molar-refractivity contribution in [2.24, 2.45) is 0 Å². The second kappa shape index (κ2) is 9.32. The van der Waals surface area contributed by atoms with Crippen molar-refractivity contribution in [2.45, 2.75) is 27.3 Å². The van der Waals surface area contributed by atoms with Crippen LogP contribution in [0.15, 0.2) is 36.4 Å². The number of rotatable bonds is 4. The number of carbonyl (C=O) groups is 2. The zero-order valence-corrected chi connectivity index (χ0v) is 14.8. The van der Waals surface area contributed by atoms with Gasteiger partial charge in [-0.05, 0) is 61.2 Å². The van der Waals surface area contributed by atoms with Crippen molar-refractivity contribution in [3.8, 4) is 5.75 Å². The van der Waals surface area contributed by atoms with Crippen LogP contribution >= 0.6 is 0 Å². The van der Waals surface area contributed by atoms with E-state index in [1.807, 2.05) is 0 Å². The lowest BCUT2D eigenvalue weighted by Crippen LogP contribution is -2.09. The Morgan fingerprint density at radius 3 is 2.16 bits per heavy atom. The van der Waals surface area contributed by atoms with Gasteiger partial charge >= 0.3 is 11.9 Å². The van der Waals surface area contributed by atoms with Gasteiger partial charge in [-0.15, -0.1) is 0 Å². The van der Waals surface area contributed by atoms with Crippen molar-refractivity contribution in [1.82, 2.24) is 0 Å². The molecule has 6 nitrogen and oxygen atoms in total. The summed E-state index contributed by atoms with van der Waals surface area (Å²) < 4.78 is 5.34. The van der Waals surface area contributed by atoms with Crippen molar-refractivity contribution in [3.63, 3.8) is 0 Å². The standard InChI is InChI=1S/C17H21NO.C2H2O4/c1-12-6-5-7-16(8-12)18-11-15-9-14(3)17(19-4)10-13(15)2;3-1(4)2(5)6/h5-10,18H,11H2,1-4H3;(H,3,4)(H,5,6). The second-order valence-corrected chi connectivity index (χ2v) is 5.58. The minimum Gasteiger partial charge on any atom is -0.496 e. The average Bonchev–Trinajstić information content (AvgIpc) is 2.55. The number of benzene rings is 2. The highest BCUT2D eigenvalue weighted by molar-refractivity contribution is 6.27. The quantitative estimate of drug-likeness (QED) is 0.735. The molecule has 0 radical (unpaired) electrons. The summed E-state index contributed by atoms with van der Waals surface area (Å²) >= 11 is 0. The van der Waals surface area contributed by atoms with Gasteiger partial charge in [0.05, 0.1) is 7.11 Å². The fourth-order valence-corrected chi connectivity index (χ4v) is 2.21. The molecule has 2 aromatic carbocycles. The first-order chi connectivity index (χ1) is 11.7. The van der Waals surface area contributed by atoms with Crippen LogP contribution in [0.2, 0.25) is 0 Å². The SMILES string of the molecule is COc1cc(C)c(CNc2cccc(C)c2)cc1C.O=C(O)C(=O)O. The van der Waals surface area contributed by atoms with Gasteiger partial charge in [0.25, 0.3) is 0 Å². The summed E-state index contributed by atoms with van der Waals surface area (Å²) in [4.78, 5) is 18.2. The molecular weight excluding hydrogens is 322 g/mol. The summed E-state index contributed by atoms with van der Waals surface area (Å²) in [5.74, 6) is -2.69. The van der Waals surface area contributed by atoms with E-state index in [1.165, 1.54) is 22.3 Å². The smallest absolute Gasteiger partial charge is 0.414 e. The zero-order valence-electron chi connectivity index (χ0n) is 14.8. The predicted octanol–water partition coefficient (Wildman–Crippen LogP) is 3.39. The molecule has 3 N–H and O–H groups in total. The van der Waals surface area contributed by atoms with Crippen molar-refractivity contribution in [1.29, 1.82) is 0 Å². The molecule has 0 aromatic heterocycles. The van der Waals surface area contributed by atoms with E-state index in [4.69, 9.17) is 24.5 Å². The number of methoxy groups -OCH3 is 1. The van der Waals surface area contributed by atoms with Crippen LogP contribution in [-0.4, -0.2) is 29.3 Å². The molecule has 0 bridgehead atoms. The second-order valence-electron chi connectivity index (χ2n) is 5.58. The van der Waals surface area contributed by atoms with Crippen molar-refractivity contribution in [2.75, 3.05) is 12.4 Å². The maximum absolute atomic E-state index is 9.10. The lowest BCUT2D eigenvalue weighted by molar-refractivity contribution is -0.159. The number of carboxylic acids is 2. The monoisotopic (exact) mass is 345 g/mol. The van der Waals surface area contributed by atoms with Gasteiger partial charge in [0, 0.05) is 12.2 Å². The molecule has 0 amide bonds. The third-order valence-electron chi connectivity index (χ3n) is 3.54. The Bertz CT molecular complexity index is 743. The van der Waals surface area contributed by atoms with E-state index in [0.29, 0.717) is 0 Å². The molecular formula is C19H23NO5. The molecule has 0 spiro atoms. The number of aliphatic carboxylic acids is 2. The predicted molar refractivity (Wildman–Crippen MR) is 96.2 cm³/mol. The molecule has 134 valence electrons. The van der Waals surface area contributed by atoms with Crippen LogP contribution in [0.3, 0.4) is 0 Å².